The number of hydrogen-bond acceptors (Lipinski definition) is 4. The van der Waals surface area contributed by atoms with Crippen molar-refractivity contribution in [2.45, 2.75) is 11.8 Å². The average Bonchev–Trinajstić information content (AvgIpc) is 2.94. The van der Waals surface area contributed by atoms with Crippen LogP contribution < -0.4 is 16.0 Å². The van der Waals surface area contributed by atoms with Crippen molar-refractivity contribution in [3.05, 3.63) is 130 Å². The number of thioether (sulfide) groups is 1. The van der Waals surface area contributed by atoms with Gasteiger partial charge in [0.25, 0.3) is 11.8 Å². The van der Waals surface area contributed by atoms with E-state index < -0.39 is 5.91 Å². The van der Waals surface area contributed by atoms with Crippen LogP contribution in [0.1, 0.15) is 21.5 Å². The van der Waals surface area contributed by atoms with Crippen LogP contribution in [0.5, 0.6) is 0 Å². The first-order valence-electron chi connectivity index (χ1n) is 12.1. The first kappa shape index (κ1) is 27.9. The molecule has 0 radical (unpaired) electrons. The van der Waals surface area contributed by atoms with Gasteiger partial charge in [-0.15, -0.1) is 11.8 Å². The van der Waals surface area contributed by atoms with E-state index in [4.69, 9.17) is 0 Å². The molecule has 3 N–H and O–H groups in total. The molecule has 0 spiro atoms. The Balaban J connectivity index is 1.45. The van der Waals surface area contributed by atoms with E-state index in [1.807, 2.05) is 67.6 Å². The molecule has 4 rings (SSSR count). The number of hydrogen-bond donors (Lipinski definition) is 3. The standard InChI is InChI=1S/C31H26BrN3O3S/c1-21-8-5-6-11-23(21)18-28(35-30(37)22-9-3-2-4-10-22)31(38)34-26-12-7-13-27(19-26)39-20-29(36)33-25-16-14-24(32)15-17-25/h2-19H,20H2,1H3,(H,33,36)(H,34,38)(H,35,37)/b28-18-. The molecule has 0 aromatic heterocycles. The Morgan fingerprint density at radius 3 is 2.26 bits per heavy atom. The zero-order valence-electron chi connectivity index (χ0n) is 21.1. The molecular weight excluding hydrogens is 574 g/mol. The van der Waals surface area contributed by atoms with Crippen molar-refractivity contribution in [1.29, 1.82) is 0 Å². The summed E-state index contributed by atoms with van der Waals surface area (Å²) in [5, 5.41) is 8.49. The minimum Gasteiger partial charge on any atom is -0.325 e. The first-order valence-corrected chi connectivity index (χ1v) is 13.9. The van der Waals surface area contributed by atoms with E-state index >= 15 is 0 Å². The summed E-state index contributed by atoms with van der Waals surface area (Å²) >= 11 is 4.73. The summed E-state index contributed by atoms with van der Waals surface area (Å²) in [7, 11) is 0. The molecule has 3 amide bonds. The van der Waals surface area contributed by atoms with Crippen LogP contribution in [0.25, 0.3) is 6.08 Å². The maximum atomic E-state index is 13.3. The van der Waals surface area contributed by atoms with Crippen LogP contribution >= 0.6 is 27.7 Å². The summed E-state index contributed by atoms with van der Waals surface area (Å²) in [5.41, 5.74) is 3.61. The molecule has 0 heterocycles. The van der Waals surface area contributed by atoms with E-state index in [-0.39, 0.29) is 23.3 Å². The third kappa shape index (κ3) is 8.43. The second kappa shape index (κ2) is 13.6. The molecule has 39 heavy (non-hydrogen) atoms. The molecule has 0 bridgehead atoms. The Morgan fingerprint density at radius 1 is 0.795 bits per heavy atom. The molecule has 6 nitrogen and oxygen atoms in total. The fourth-order valence-electron chi connectivity index (χ4n) is 3.59. The summed E-state index contributed by atoms with van der Waals surface area (Å²) in [6.45, 7) is 1.94. The van der Waals surface area contributed by atoms with Crippen molar-refractivity contribution in [2.24, 2.45) is 0 Å². The number of benzene rings is 4. The highest BCUT2D eigenvalue weighted by Crippen LogP contribution is 2.23. The molecule has 0 atom stereocenters. The molecule has 0 aliphatic heterocycles. The second-order valence-electron chi connectivity index (χ2n) is 8.56. The summed E-state index contributed by atoms with van der Waals surface area (Å²) in [6, 6.07) is 30.9. The number of carbonyl (C=O) groups is 3. The van der Waals surface area contributed by atoms with Crippen molar-refractivity contribution >= 4 is 62.9 Å². The Morgan fingerprint density at radius 2 is 1.51 bits per heavy atom. The SMILES string of the molecule is Cc1ccccc1/C=C(\NC(=O)c1ccccc1)C(=O)Nc1cccc(SCC(=O)Nc2ccc(Br)cc2)c1. The zero-order chi connectivity index (χ0) is 27.6. The third-order valence-corrected chi connectivity index (χ3v) is 7.13. The highest BCUT2D eigenvalue weighted by atomic mass is 79.9. The number of nitrogens with one attached hydrogen (secondary N) is 3. The van der Waals surface area contributed by atoms with Gasteiger partial charge in [0.1, 0.15) is 5.70 Å². The lowest BCUT2D eigenvalue weighted by molar-refractivity contribution is -0.114. The monoisotopic (exact) mass is 599 g/mol. The molecule has 0 saturated heterocycles. The quantitative estimate of drug-likeness (QED) is 0.144. The predicted octanol–water partition coefficient (Wildman–Crippen LogP) is 6.90. The van der Waals surface area contributed by atoms with Crippen LogP contribution in [0, 0.1) is 6.92 Å². The Labute approximate surface area is 240 Å². The van der Waals surface area contributed by atoms with Gasteiger partial charge in [0.05, 0.1) is 5.75 Å². The fourth-order valence-corrected chi connectivity index (χ4v) is 4.61. The van der Waals surface area contributed by atoms with Crippen LogP contribution in [-0.2, 0) is 9.59 Å². The van der Waals surface area contributed by atoms with E-state index in [0.717, 1.165) is 26.2 Å². The smallest absolute Gasteiger partial charge is 0.272 e. The highest BCUT2D eigenvalue weighted by molar-refractivity contribution is 9.10. The first-order chi connectivity index (χ1) is 18.9. The highest BCUT2D eigenvalue weighted by Gasteiger charge is 2.16. The number of anilines is 2. The average molecular weight is 601 g/mol. The maximum absolute atomic E-state index is 13.3. The fraction of sp³-hybridized carbons (Fsp3) is 0.0645. The summed E-state index contributed by atoms with van der Waals surface area (Å²) in [6.07, 6.45) is 1.66. The van der Waals surface area contributed by atoms with Crippen LogP contribution in [0.3, 0.4) is 0 Å². The van der Waals surface area contributed by atoms with Gasteiger partial charge in [-0.3, -0.25) is 14.4 Å². The second-order valence-corrected chi connectivity index (χ2v) is 10.5. The van der Waals surface area contributed by atoms with E-state index in [1.54, 1.807) is 48.5 Å². The topological polar surface area (TPSA) is 87.3 Å². The Kier molecular flexibility index (Phi) is 9.72. The number of carbonyl (C=O) groups excluding carboxylic acids is 3. The van der Waals surface area contributed by atoms with E-state index in [9.17, 15) is 14.4 Å². The minimum atomic E-state index is -0.460. The van der Waals surface area contributed by atoms with Gasteiger partial charge in [0, 0.05) is 26.3 Å². The summed E-state index contributed by atoms with van der Waals surface area (Å²) in [5.74, 6) is -0.771. The Hall–Kier alpha value is -4.14. The van der Waals surface area contributed by atoms with Gasteiger partial charge in [-0.1, -0.05) is 64.5 Å². The zero-order valence-corrected chi connectivity index (χ0v) is 23.5. The summed E-state index contributed by atoms with van der Waals surface area (Å²) in [4.78, 5) is 39.4. The van der Waals surface area contributed by atoms with Gasteiger partial charge in [-0.25, -0.2) is 0 Å². The van der Waals surface area contributed by atoms with E-state index in [1.165, 1.54) is 11.8 Å². The van der Waals surface area contributed by atoms with Crippen molar-refractivity contribution in [3.63, 3.8) is 0 Å². The molecule has 0 saturated carbocycles. The van der Waals surface area contributed by atoms with Gasteiger partial charge in [0.15, 0.2) is 0 Å². The number of amides is 3. The van der Waals surface area contributed by atoms with Crippen molar-refractivity contribution in [2.75, 3.05) is 16.4 Å². The van der Waals surface area contributed by atoms with Crippen molar-refractivity contribution in [1.82, 2.24) is 5.32 Å². The lowest BCUT2D eigenvalue weighted by atomic mass is 10.1. The van der Waals surface area contributed by atoms with Crippen LogP contribution in [0.4, 0.5) is 11.4 Å². The largest absolute Gasteiger partial charge is 0.325 e. The van der Waals surface area contributed by atoms with Gasteiger partial charge in [-0.2, -0.15) is 0 Å². The predicted molar refractivity (Wildman–Crippen MR) is 162 cm³/mol. The molecule has 4 aromatic carbocycles. The molecular formula is C31H26BrN3O3S. The van der Waals surface area contributed by atoms with E-state index in [2.05, 4.69) is 31.9 Å². The number of halogens is 1. The number of aryl methyl sites for hydroxylation is 1. The van der Waals surface area contributed by atoms with Gasteiger partial charge < -0.3 is 16.0 Å². The minimum absolute atomic E-state index is 0.116. The van der Waals surface area contributed by atoms with Gasteiger partial charge in [0.2, 0.25) is 5.91 Å². The lowest BCUT2D eigenvalue weighted by Gasteiger charge is -2.13. The van der Waals surface area contributed by atoms with Crippen LogP contribution in [0.15, 0.2) is 118 Å². The van der Waals surface area contributed by atoms with Crippen molar-refractivity contribution in [3.8, 4) is 0 Å². The molecule has 0 aliphatic rings. The lowest BCUT2D eigenvalue weighted by Crippen LogP contribution is -2.30. The van der Waals surface area contributed by atoms with E-state index in [0.29, 0.717) is 11.3 Å². The van der Waals surface area contributed by atoms with Crippen molar-refractivity contribution < 1.29 is 14.4 Å². The van der Waals surface area contributed by atoms with Crippen LogP contribution in [0.2, 0.25) is 0 Å². The molecule has 8 heteroatoms. The molecule has 0 fully saturated rings. The maximum Gasteiger partial charge on any atom is 0.272 e. The number of rotatable bonds is 9. The molecule has 0 aliphatic carbocycles. The third-order valence-electron chi connectivity index (χ3n) is 5.61. The normalized spacial score (nSPS) is 11.0. The van der Waals surface area contributed by atoms with Gasteiger partial charge in [-0.05, 0) is 78.7 Å². The Bertz CT molecular complexity index is 1510. The van der Waals surface area contributed by atoms with Crippen LogP contribution in [-0.4, -0.2) is 23.5 Å². The molecule has 196 valence electrons. The van der Waals surface area contributed by atoms with Gasteiger partial charge >= 0.3 is 0 Å². The molecule has 4 aromatic rings. The molecule has 0 unspecified atom stereocenters. The summed E-state index contributed by atoms with van der Waals surface area (Å²) < 4.78 is 0.935.